The minimum absolute atomic E-state index is 0.138. The molecule has 1 saturated carbocycles. The Balaban J connectivity index is 1.62. The highest BCUT2D eigenvalue weighted by molar-refractivity contribution is 6.30. The van der Waals surface area contributed by atoms with Gasteiger partial charge in [-0.15, -0.1) is 0 Å². The Morgan fingerprint density at radius 3 is 2.73 bits per heavy atom. The molecular weight excluding hydrogens is 304 g/mol. The van der Waals surface area contributed by atoms with Crippen LogP contribution in [0.3, 0.4) is 0 Å². The third kappa shape index (κ3) is 6.22. The average molecular weight is 327 g/mol. The van der Waals surface area contributed by atoms with E-state index in [0.29, 0.717) is 17.5 Å². The molecule has 1 aromatic rings. The molecule has 0 radical (unpaired) electrons. The first-order valence-electron chi connectivity index (χ1n) is 7.60. The number of urea groups is 1. The molecule has 0 aromatic heterocycles. The number of amides is 2. The summed E-state index contributed by atoms with van der Waals surface area (Å²) < 4.78 is 5.38. The van der Waals surface area contributed by atoms with Crippen molar-refractivity contribution in [2.45, 2.75) is 31.9 Å². The molecule has 2 unspecified atom stereocenters. The van der Waals surface area contributed by atoms with Gasteiger partial charge in [0, 0.05) is 18.2 Å². The number of ether oxygens (including phenoxy) is 1. The Morgan fingerprint density at radius 2 is 2.09 bits per heavy atom. The fourth-order valence-corrected chi connectivity index (χ4v) is 2.13. The molecule has 1 aliphatic rings. The fraction of sp³-hybridized carbons (Fsp3) is 0.562. The molecule has 122 valence electrons. The Hall–Kier alpha value is -1.30. The summed E-state index contributed by atoms with van der Waals surface area (Å²) in [5.74, 6) is 0.670. The van der Waals surface area contributed by atoms with Crippen LogP contribution in [-0.4, -0.2) is 37.0 Å². The van der Waals surface area contributed by atoms with E-state index in [0.717, 1.165) is 5.56 Å². The summed E-state index contributed by atoms with van der Waals surface area (Å²) in [6, 6.07) is 6.85. The summed E-state index contributed by atoms with van der Waals surface area (Å²) in [7, 11) is 0. The van der Waals surface area contributed by atoms with Crippen molar-refractivity contribution in [3.8, 4) is 0 Å². The molecule has 0 bridgehead atoms. The zero-order valence-corrected chi connectivity index (χ0v) is 13.5. The van der Waals surface area contributed by atoms with Crippen LogP contribution in [0.4, 0.5) is 4.79 Å². The summed E-state index contributed by atoms with van der Waals surface area (Å²) >= 11 is 5.83. The van der Waals surface area contributed by atoms with Gasteiger partial charge in [0.25, 0.3) is 0 Å². The van der Waals surface area contributed by atoms with Gasteiger partial charge in [0.05, 0.1) is 18.8 Å². The number of carbonyl (C=O) groups excluding carboxylic acids is 1. The zero-order valence-electron chi connectivity index (χ0n) is 12.7. The molecule has 1 aromatic carbocycles. The summed E-state index contributed by atoms with van der Waals surface area (Å²) in [4.78, 5) is 11.8. The number of aliphatic hydroxyl groups is 1. The molecule has 0 heterocycles. The lowest BCUT2D eigenvalue weighted by atomic mass is 10.1. The number of rotatable bonds is 8. The van der Waals surface area contributed by atoms with E-state index < -0.39 is 6.10 Å². The number of benzene rings is 1. The third-order valence-corrected chi connectivity index (χ3v) is 3.83. The van der Waals surface area contributed by atoms with E-state index in [-0.39, 0.29) is 25.2 Å². The van der Waals surface area contributed by atoms with Crippen LogP contribution in [0.5, 0.6) is 0 Å². The fourth-order valence-electron chi connectivity index (χ4n) is 2.01. The van der Waals surface area contributed by atoms with Gasteiger partial charge in [0.1, 0.15) is 0 Å². The Labute approximate surface area is 136 Å². The van der Waals surface area contributed by atoms with Crippen LogP contribution in [0.25, 0.3) is 0 Å². The quantitative estimate of drug-likeness (QED) is 0.687. The molecule has 0 aliphatic heterocycles. The van der Waals surface area contributed by atoms with Crippen molar-refractivity contribution in [1.82, 2.24) is 10.6 Å². The van der Waals surface area contributed by atoms with E-state index in [1.165, 1.54) is 12.8 Å². The first-order valence-corrected chi connectivity index (χ1v) is 7.98. The Bertz CT molecular complexity index is 477. The largest absolute Gasteiger partial charge is 0.389 e. The molecule has 22 heavy (non-hydrogen) atoms. The second kappa shape index (κ2) is 8.36. The van der Waals surface area contributed by atoms with Crippen LogP contribution in [0, 0.1) is 5.92 Å². The number of hydrogen-bond donors (Lipinski definition) is 3. The van der Waals surface area contributed by atoms with Crippen molar-refractivity contribution in [1.29, 1.82) is 0 Å². The topological polar surface area (TPSA) is 70.6 Å². The maximum Gasteiger partial charge on any atom is 0.315 e. The minimum Gasteiger partial charge on any atom is -0.389 e. The van der Waals surface area contributed by atoms with Crippen molar-refractivity contribution in [2.24, 2.45) is 5.92 Å². The average Bonchev–Trinajstić information content (AvgIpc) is 3.30. The lowest BCUT2D eigenvalue weighted by molar-refractivity contribution is 0.0337. The third-order valence-electron chi connectivity index (χ3n) is 3.58. The van der Waals surface area contributed by atoms with Crippen LogP contribution in [0.2, 0.25) is 5.02 Å². The highest BCUT2D eigenvalue weighted by Crippen LogP contribution is 2.28. The molecular formula is C16H23ClN2O3. The zero-order chi connectivity index (χ0) is 15.9. The van der Waals surface area contributed by atoms with E-state index in [4.69, 9.17) is 16.3 Å². The second-order valence-corrected chi connectivity index (χ2v) is 6.20. The number of nitrogens with one attached hydrogen (secondary N) is 2. The molecule has 0 spiro atoms. The van der Waals surface area contributed by atoms with Crippen molar-refractivity contribution in [2.75, 3.05) is 19.8 Å². The van der Waals surface area contributed by atoms with E-state index in [2.05, 4.69) is 10.6 Å². The van der Waals surface area contributed by atoms with Crippen LogP contribution >= 0.6 is 11.6 Å². The highest BCUT2D eigenvalue weighted by atomic mass is 35.5. The lowest BCUT2D eigenvalue weighted by Crippen LogP contribution is -2.41. The van der Waals surface area contributed by atoms with Gasteiger partial charge in [-0.1, -0.05) is 23.7 Å². The van der Waals surface area contributed by atoms with Gasteiger partial charge in [0.15, 0.2) is 0 Å². The van der Waals surface area contributed by atoms with Gasteiger partial charge in [-0.25, -0.2) is 4.79 Å². The number of hydrogen-bond acceptors (Lipinski definition) is 3. The van der Waals surface area contributed by atoms with Gasteiger partial charge in [-0.3, -0.25) is 0 Å². The first kappa shape index (κ1) is 17.1. The monoisotopic (exact) mass is 326 g/mol. The number of halogens is 1. The molecule has 3 N–H and O–H groups in total. The normalized spacial score (nSPS) is 16.9. The predicted octanol–water partition coefficient (Wildman–Crippen LogP) is 2.49. The standard InChI is InChI=1S/C16H23ClN2O3/c1-11(13-4-6-14(17)7-5-13)19-16(21)18-8-15(20)10-22-9-12-2-3-12/h4-7,11-12,15,20H,2-3,8-10H2,1H3,(H2,18,19,21). The van der Waals surface area contributed by atoms with Gasteiger partial charge in [-0.05, 0) is 43.4 Å². The Morgan fingerprint density at radius 1 is 1.41 bits per heavy atom. The molecule has 6 heteroatoms. The highest BCUT2D eigenvalue weighted by Gasteiger charge is 2.21. The van der Waals surface area contributed by atoms with Gasteiger partial charge in [0.2, 0.25) is 0 Å². The van der Waals surface area contributed by atoms with Crippen LogP contribution in [0.15, 0.2) is 24.3 Å². The van der Waals surface area contributed by atoms with Crippen molar-refractivity contribution in [3.63, 3.8) is 0 Å². The molecule has 2 atom stereocenters. The molecule has 1 fully saturated rings. The van der Waals surface area contributed by atoms with Gasteiger partial charge in [-0.2, -0.15) is 0 Å². The number of aliphatic hydroxyl groups excluding tert-OH is 1. The Kier molecular flexibility index (Phi) is 6.49. The lowest BCUT2D eigenvalue weighted by Gasteiger charge is -2.17. The first-order chi connectivity index (χ1) is 10.5. The molecule has 0 saturated heterocycles. The van der Waals surface area contributed by atoms with Crippen LogP contribution < -0.4 is 10.6 Å². The molecule has 5 nitrogen and oxygen atoms in total. The van der Waals surface area contributed by atoms with Crippen molar-refractivity contribution < 1.29 is 14.6 Å². The molecule has 2 rings (SSSR count). The minimum atomic E-state index is -0.685. The van der Waals surface area contributed by atoms with Crippen LogP contribution in [0.1, 0.15) is 31.4 Å². The van der Waals surface area contributed by atoms with Crippen molar-refractivity contribution in [3.05, 3.63) is 34.9 Å². The number of carbonyl (C=O) groups is 1. The smallest absolute Gasteiger partial charge is 0.315 e. The van der Waals surface area contributed by atoms with E-state index >= 15 is 0 Å². The summed E-state index contributed by atoms with van der Waals surface area (Å²) in [6.45, 7) is 3.02. The second-order valence-electron chi connectivity index (χ2n) is 5.76. The van der Waals surface area contributed by atoms with Crippen LogP contribution in [-0.2, 0) is 4.74 Å². The maximum absolute atomic E-state index is 11.8. The maximum atomic E-state index is 11.8. The van der Waals surface area contributed by atoms with E-state index in [1.807, 2.05) is 19.1 Å². The summed E-state index contributed by atoms with van der Waals surface area (Å²) in [5.41, 5.74) is 0.966. The predicted molar refractivity (Wildman–Crippen MR) is 86.0 cm³/mol. The summed E-state index contributed by atoms with van der Waals surface area (Å²) in [5, 5.41) is 15.8. The SMILES string of the molecule is CC(NC(=O)NCC(O)COCC1CC1)c1ccc(Cl)cc1. The van der Waals surface area contributed by atoms with Crippen molar-refractivity contribution >= 4 is 17.6 Å². The summed E-state index contributed by atoms with van der Waals surface area (Å²) in [6.07, 6.45) is 1.76. The van der Waals surface area contributed by atoms with E-state index in [1.54, 1.807) is 12.1 Å². The molecule has 2 amide bonds. The molecule has 1 aliphatic carbocycles. The van der Waals surface area contributed by atoms with Gasteiger partial charge < -0.3 is 20.5 Å². The van der Waals surface area contributed by atoms with E-state index in [9.17, 15) is 9.90 Å². The van der Waals surface area contributed by atoms with Gasteiger partial charge >= 0.3 is 6.03 Å².